The lowest BCUT2D eigenvalue weighted by atomic mass is 10.0. The van der Waals surface area contributed by atoms with E-state index in [4.69, 9.17) is 19.5 Å². The van der Waals surface area contributed by atoms with E-state index in [9.17, 15) is 23.8 Å². The maximum Gasteiger partial charge on any atom is 0.435 e. The smallest absolute Gasteiger partial charge is 0.435 e. The Morgan fingerprint density at radius 1 is 1.00 bits per heavy atom. The summed E-state index contributed by atoms with van der Waals surface area (Å²) < 4.78 is 29.3. The number of azide groups is 1. The maximum absolute atomic E-state index is 12.5. The largest absolute Gasteiger partial charge is 0.457 e. The standard InChI is InChI=1S/C31H54N5O8P/c1-3-4-5-6-7-8-9-10-11-12-13-14-15-16-17-18-19-20-21-42-31(39)45(40,41)43-24-27-26(34-35-32)22-28(44-27)36-23-25(2)29(37)33-30(36)38/h23,26-28H,3-22,24H2,1-2H3,(H,40,41)(H,33,37,38)/t26-,27+,28+/m0/s1. The zero-order valence-corrected chi connectivity index (χ0v) is 28.1. The number of nitrogens with one attached hydrogen (secondary N) is 1. The van der Waals surface area contributed by atoms with E-state index in [1.54, 1.807) is 0 Å². The zero-order chi connectivity index (χ0) is 32.9. The van der Waals surface area contributed by atoms with Crippen LogP contribution >= 0.6 is 7.60 Å². The Bertz CT molecular complexity index is 1220. The highest BCUT2D eigenvalue weighted by atomic mass is 31.2. The molecule has 256 valence electrons. The topological polar surface area (TPSA) is 186 Å². The molecule has 4 atom stereocenters. The summed E-state index contributed by atoms with van der Waals surface area (Å²) >= 11 is 0. The third kappa shape index (κ3) is 15.1. The maximum atomic E-state index is 12.5. The van der Waals surface area contributed by atoms with Crippen molar-refractivity contribution in [1.29, 1.82) is 0 Å². The number of carbonyl (C=O) groups is 1. The Morgan fingerprint density at radius 2 is 1.51 bits per heavy atom. The third-order valence-corrected chi connectivity index (χ3v) is 9.32. The van der Waals surface area contributed by atoms with Gasteiger partial charge in [0, 0.05) is 23.1 Å². The number of carbonyl (C=O) groups excluding carboxylic acids is 1. The minimum atomic E-state index is -4.78. The van der Waals surface area contributed by atoms with Crippen LogP contribution in [0, 0.1) is 6.92 Å². The number of aromatic nitrogens is 2. The van der Waals surface area contributed by atoms with Crippen molar-refractivity contribution in [2.24, 2.45) is 5.11 Å². The molecule has 0 aliphatic carbocycles. The van der Waals surface area contributed by atoms with Gasteiger partial charge in [-0.05, 0) is 18.9 Å². The van der Waals surface area contributed by atoms with Gasteiger partial charge in [-0.25, -0.2) is 14.2 Å². The Morgan fingerprint density at radius 3 is 2.02 bits per heavy atom. The van der Waals surface area contributed by atoms with Crippen molar-refractivity contribution in [3.63, 3.8) is 0 Å². The molecule has 45 heavy (non-hydrogen) atoms. The third-order valence-electron chi connectivity index (χ3n) is 8.23. The van der Waals surface area contributed by atoms with Crippen molar-refractivity contribution >= 4 is 13.3 Å². The highest BCUT2D eigenvalue weighted by molar-refractivity contribution is 7.70. The molecule has 1 aliphatic heterocycles. The van der Waals surface area contributed by atoms with Gasteiger partial charge >= 0.3 is 19.0 Å². The number of unbranched alkanes of at least 4 members (excludes halogenated alkanes) is 17. The molecule has 14 heteroatoms. The molecule has 0 amide bonds. The van der Waals surface area contributed by atoms with Crippen molar-refractivity contribution in [3.05, 3.63) is 43.0 Å². The van der Waals surface area contributed by atoms with Gasteiger partial charge in [0.2, 0.25) is 0 Å². The normalized spacial score (nSPS) is 19.2. The first-order chi connectivity index (χ1) is 21.7. The van der Waals surface area contributed by atoms with Crippen LogP contribution in [0.25, 0.3) is 10.4 Å². The van der Waals surface area contributed by atoms with E-state index in [-0.39, 0.29) is 18.6 Å². The number of hydrogen-bond donors (Lipinski definition) is 2. The Hall–Kier alpha value is -2.43. The van der Waals surface area contributed by atoms with Gasteiger partial charge in [0.15, 0.2) is 0 Å². The molecule has 1 aromatic rings. The van der Waals surface area contributed by atoms with E-state index in [0.29, 0.717) is 6.42 Å². The van der Waals surface area contributed by atoms with Crippen LogP contribution in [0.5, 0.6) is 0 Å². The molecule has 0 saturated carbocycles. The van der Waals surface area contributed by atoms with Crippen LogP contribution in [0.2, 0.25) is 0 Å². The predicted molar refractivity (Wildman–Crippen MR) is 173 cm³/mol. The minimum Gasteiger partial charge on any atom is -0.457 e. The van der Waals surface area contributed by atoms with Gasteiger partial charge in [-0.3, -0.25) is 18.9 Å². The van der Waals surface area contributed by atoms with Crippen LogP contribution in [0.4, 0.5) is 4.79 Å². The van der Waals surface area contributed by atoms with Gasteiger partial charge in [0.05, 0.1) is 25.4 Å². The van der Waals surface area contributed by atoms with E-state index in [2.05, 4.69) is 21.9 Å². The monoisotopic (exact) mass is 655 g/mol. The first kappa shape index (κ1) is 38.8. The van der Waals surface area contributed by atoms with Crippen molar-refractivity contribution in [1.82, 2.24) is 9.55 Å². The average molecular weight is 656 g/mol. The van der Waals surface area contributed by atoms with E-state index in [1.165, 1.54) is 103 Å². The molecule has 1 unspecified atom stereocenters. The summed E-state index contributed by atoms with van der Waals surface area (Å²) in [5.74, 6) is 0. The van der Waals surface area contributed by atoms with Gasteiger partial charge in [-0.2, -0.15) is 0 Å². The molecule has 2 N–H and O–H groups in total. The van der Waals surface area contributed by atoms with Gasteiger partial charge < -0.3 is 14.4 Å². The number of aryl methyl sites for hydroxylation is 1. The van der Waals surface area contributed by atoms with Crippen LogP contribution in [0.3, 0.4) is 0 Å². The lowest BCUT2D eigenvalue weighted by Gasteiger charge is -2.18. The summed E-state index contributed by atoms with van der Waals surface area (Å²) in [7, 11) is -4.78. The average Bonchev–Trinajstić information content (AvgIpc) is 3.41. The number of nitrogens with zero attached hydrogens (tertiary/aromatic N) is 4. The molecule has 0 aromatic carbocycles. The van der Waals surface area contributed by atoms with Gasteiger partial charge in [-0.15, -0.1) is 0 Å². The number of hydrogen-bond acceptors (Lipinski definition) is 8. The fourth-order valence-corrected chi connectivity index (χ4v) is 6.20. The van der Waals surface area contributed by atoms with Crippen LogP contribution in [0.1, 0.15) is 141 Å². The Balaban J connectivity index is 1.53. The molecular formula is C31H54N5O8P. The van der Waals surface area contributed by atoms with Crippen LogP contribution in [-0.2, 0) is 18.6 Å². The lowest BCUT2D eigenvalue weighted by molar-refractivity contribution is -0.0239. The fraction of sp³-hybridized carbons (Fsp3) is 0.839. The van der Waals surface area contributed by atoms with Crippen LogP contribution in [0.15, 0.2) is 20.9 Å². The fourth-order valence-electron chi connectivity index (χ4n) is 5.50. The first-order valence-electron chi connectivity index (χ1n) is 16.9. The van der Waals surface area contributed by atoms with Crippen LogP contribution < -0.4 is 11.2 Å². The Labute approximate surface area is 266 Å². The Kier molecular flexibility index (Phi) is 19.1. The zero-order valence-electron chi connectivity index (χ0n) is 27.2. The summed E-state index contributed by atoms with van der Waals surface area (Å²) in [5.41, 5.74) is 6.58. The van der Waals surface area contributed by atoms with E-state index >= 15 is 0 Å². The molecule has 0 bridgehead atoms. The van der Waals surface area contributed by atoms with Gasteiger partial charge in [0.1, 0.15) is 6.23 Å². The number of aromatic amines is 1. The van der Waals surface area contributed by atoms with Crippen molar-refractivity contribution in [2.45, 2.75) is 154 Å². The molecule has 0 radical (unpaired) electrons. The highest BCUT2D eigenvalue weighted by Crippen LogP contribution is 2.45. The molecule has 1 aromatic heterocycles. The molecule has 1 aliphatic rings. The number of ether oxygens (including phenoxy) is 2. The van der Waals surface area contributed by atoms with Gasteiger partial charge in [0.25, 0.3) is 5.56 Å². The SMILES string of the molecule is CCCCCCCCCCCCCCCCCCCCOC(=O)P(=O)(O)OC[C@H]1O[C@@H](n2cc(C)c(=O)[nH]c2=O)C[C@@H]1N=[N+]=[N-]. The van der Waals surface area contributed by atoms with E-state index in [1.807, 2.05) is 0 Å². The highest BCUT2D eigenvalue weighted by Gasteiger charge is 2.40. The van der Waals surface area contributed by atoms with Crippen molar-refractivity contribution in [3.8, 4) is 0 Å². The van der Waals surface area contributed by atoms with Crippen molar-refractivity contribution in [2.75, 3.05) is 13.2 Å². The van der Waals surface area contributed by atoms with Crippen molar-refractivity contribution < 1.29 is 28.3 Å². The number of H-pyrrole nitrogens is 1. The van der Waals surface area contributed by atoms with Gasteiger partial charge in [-0.1, -0.05) is 121 Å². The first-order valence-corrected chi connectivity index (χ1v) is 18.4. The summed E-state index contributed by atoms with van der Waals surface area (Å²) in [6.07, 6.45) is 21.7. The summed E-state index contributed by atoms with van der Waals surface area (Å²) in [6.45, 7) is 3.25. The van der Waals surface area contributed by atoms with E-state index in [0.717, 1.165) is 23.8 Å². The molecule has 1 saturated heterocycles. The summed E-state index contributed by atoms with van der Waals surface area (Å²) in [6, 6.07) is -0.838. The summed E-state index contributed by atoms with van der Waals surface area (Å²) in [5, 5.41) is 3.63. The van der Waals surface area contributed by atoms with E-state index < -0.39 is 49.5 Å². The lowest BCUT2D eigenvalue weighted by Crippen LogP contribution is -2.33. The second kappa shape index (κ2) is 22.2. The predicted octanol–water partition coefficient (Wildman–Crippen LogP) is 8.19. The quantitative estimate of drug-likeness (QED) is 0.0347. The second-order valence-corrected chi connectivity index (χ2v) is 13.7. The summed E-state index contributed by atoms with van der Waals surface area (Å²) in [4.78, 5) is 51.1. The molecule has 13 nitrogen and oxygen atoms in total. The number of rotatable bonds is 25. The molecule has 2 rings (SSSR count). The molecule has 1 fully saturated rings. The second-order valence-electron chi connectivity index (χ2n) is 12.1. The molecular weight excluding hydrogens is 601 g/mol. The van der Waals surface area contributed by atoms with Crippen LogP contribution in [-0.4, -0.2) is 45.5 Å². The molecule has 0 spiro atoms. The minimum absolute atomic E-state index is 0.0172. The molecule has 2 heterocycles.